The smallest absolute Gasteiger partial charge is 0.370 e. The van der Waals surface area contributed by atoms with Gasteiger partial charge in [-0.05, 0) is 43.2 Å². The van der Waals surface area contributed by atoms with Crippen LogP contribution in [0.1, 0.15) is 17.7 Å². The molecule has 0 spiro atoms. The van der Waals surface area contributed by atoms with Gasteiger partial charge in [0.25, 0.3) is 10.0 Å². The van der Waals surface area contributed by atoms with E-state index in [4.69, 9.17) is 0 Å². The number of carbonyl (C=O) groups is 1. The standard InChI is InChI=1S/C23H23F4N5O4S2/c1-15-9-20(38(34,35)32(21-13-37-14-29-21)36-22(33)23(25,26)27)18(24)10-19(15)30(2)17-6-8-31(12-17)11-16-5-3-4-7-28-16/h3-5,7,9-10,13-14,17H,6,8,11-12H2,1-2H3/t17-/m0/s1. The summed E-state index contributed by atoms with van der Waals surface area (Å²) in [5, 5.41) is 1.05. The van der Waals surface area contributed by atoms with Gasteiger partial charge in [-0.2, -0.15) is 21.6 Å². The van der Waals surface area contributed by atoms with Crippen molar-refractivity contribution in [1.82, 2.24) is 14.9 Å². The SMILES string of the molecule is Cc1cc(S(=O)(=O)N(OC(=O)C(F)(F)F)c2cscn2)c(F)cc1N(C)[C@H]1CCN(Cc2ccccn2)C1. The topological polar surface area (TPSA) is 95.9 Å². The Morgan fingerprint density at radius 2 is 2.03 bits per heavy atom. The van der Waals surface area contributed by atoms with E-state index in [1.54, 1.807) is 20.2 Å². The van der Waals surface area contributed by atoms with Gasteiger partial charge in [0.05, 0.1) is 11.2 Å². The molecule has 1 atom stereocenters. The molecule has 0 bridgehead atoms. The zero-order chi connectivity index (χ0) is 27.7. The number of likely N-dealkylation sites (tertiary alicyclic amines) is 1. The number of nitrogens with zero attached hydrogens (tertiary/aromatic N) is 5. The molecule has 3 aromatic rings. The fraction of sp³-hybridized carbons (Fsp3) is 0.348. The predicted molar refractivity (Wildman–Crippen MR) is 131 cm³/mol. The van der Waals surface area contributed by atoms with Crippen LogP contribution in [0.5, 0.6) is 0 Å². The monoisotopic (exact) mass is 573 g/mol. The van der Waals surface area contributed by atoms with Gasteiger partial charge in [-0.3, -0.25) is 9.88 Å². The molecule has 38 heavy (non-hydrogen) atoms. The fourth-order valence-electron chi connectivity index (χ4n) is 4.14. The summed E-state index contributed by atoms with van der Waals surface area (Å²) in [5.74, 6) is -4.63. The van der Waals surface area contributed by atoms with Gasteiger partial charge in [-0.25, -0.2) is 14.2 Å². The Morgan fingerprint density at radius 1 is 1.26 bits per heavy atom. The van der Waals surface area contributed by atoms with Crippen LogP contribution >= 0.6 is 11.3 Å². The maximum atomic E-state index is 15.3. The molecule has 1 aliphatic rings. The van der Waals surface area contributed by atoms with Gasteiger partial charge in [0.15, 0.2) is 5.82 Å². The number of halogens is 4. The van der Waals surface area contributed by atoms with Crippen LogP contribution in [0.25, 0.3) is 0 Å². The summed E-state index contributed by atoms with van der Waals surface area (Å²) in [5.41, 5.74) is 2.82. The van der Waals surface area contributed by atoms with E-state index in [2.05, 4.69) is 19.7 Å². The Hall–Kier alpha value is -3.30. The van der Waals surface area contributed by atoms with E-state index in [9.17, 15) is 26.4 Å². The number of alkyl halides is 3. The fourth-order valence-corrected chi connectivity index (χ4v) is 6.04. The van der Waals surface area contributed by atoms with Crippen LogP contribution in [-0.2, 0) is 26.2 Å². The lowest BCUT2D eigenvalue weighted by molar-refractivity contribution is -0.199. The molecule has 0 radical (unpaired) electrons. The lowest BCUT2D eigenvalue weighted by Crippen LogP contribution is -2.39. The van der Waals surface area contributed by atoms with Gasteiger partial charge in [0.2, 0.25) is 0 Å². The second kappa shape index (κ2) is 10.8. The quantitative estimate of drug-likeness (QED) is 0.296. The van der Waals surface area contributed by atoms with Gasteiger partial charge in [0, 0.05) is 50.0 Å². The molecular formula is C23H23F4N5O4S2. The van der Waals surface area contributed by atoms with E-state index in [1.807, 2.05) is 23.1 Å². The summed E-state index contributed by atoms with van der Waals surface area (Å²) in [4.78, 5) is 26.6. The van der Waals surface area contributed by atoms with Crippen molar-refractivity contribution in [2.45, 2.75) is 37.0 Å². The molecule has 0 aliphatic carbocycles. The average molecular weight is 574 g/mol. The molecule has 15 heteroatoms. The summed E-state index contributed by atoms with van der Waals surface area (Å²) in [6, 6.07) is 7.67. The third-order valence-electron chi connectivity index (χ3n) is 6.04. The summed E-state index contributed by atoms with van der Waals surface area (Å²) in [6.45, 7) is 3.66. The maximum Gasteiger partial charge on any atom is 0.493 e. The van der Waals surface area contributed by atoms with E-state index in [0.717, 1.165) is 53.0 Å². The molecule has 4 rings (SSSR count). The first-order valence-corrected chi connectivity index (χ1v) is 13.6. The number of hydrogen-bond acceptors (Lipinski definition) is 9. The first kappa shape index (κ1) is 27.7. The Balaban J connectivity index is 1.57. The maximum absolute atomic E-state index is 15.3. The molecule has 1 aliphatic heterocycles. The molecule has 1 saturated heterocycles. The van der Waals surface area contributed by atoms with E-state index in [1.165, 1.54) is 0 Å². The highest BCUT2D eigenvalue weighted by Crippen LogP contribution is 2.33. The molecule has 9 nitrogen and oxygen atoms in total. The van der Waals surface area contributed by atoms with Crippen molar-refractivity contribution in [3.05, 3.63) is 64.5 Å². The van der Waals surface area contributed by atoms with Crippen LogP contribution in [0, 0.1) is 12.7 Å². The number of aromatic nitrogens is 2. The van der Waals surface area contributed by atoms with Crippen LogP contribution in [0.2, 0.25) is 0 Å². The van der Waals surface area contributed by atoms with Crippen molar-refractivity contribution in [3.8, 4) is 0 Å². The normalized spacial score (nSPS) is 16.4. The zero-order valence-electron chi connectivity index (χ0n) is 20.2. The lowest BCUT2D eigenvalue weighted by atomic mass is 10.1. The van der Waals surface area contributed by atoms with Crippen LogP contribution in [0.15, 0.2) is 52.3 Å². The second-order valence-electron chi connectivity index (χ2n) is 8.63. The lowest BCUT2D eigenvalue weighted by Gasteiger charge is -2.29. The van der Waals surface area contributed by atoms with E-state index < -0.39 is 38.7 Å². The van der Waals surface area contributed by atoms with E-state index in [0.29, 0.717) is 24.3 Å². The number of rotatable bonds is 8. The second-order valence-corrected chi connectivity index (χ2v) is 11.1. The number of benzene rings is 1. The summed E-state index contributed by atoms with van der Waals surface area (Å²) < 4.78 is 79.8. The van der Waals surface area contributed by atoms with Gasteiger partial charge in [0.1, 0.15) is 10.7 Å². The van der Waals surface area contributed by atoms with E-state index in [-0.39, 0.29) is 10.5 Å². The van der Waals surface area contributed by atoms with Gasteiger partial charge in [-0.15, -0.1) is 11.3 Å². The van der Waals surface area contributed by atoms with Crippen LogP contribution in [0.4, 0.5) is 29.1 Å². The number of thiazole rings is 1. The first-order valence-electron chi connectivity index (χ1n) is 11.3. The van der Waals surface area contributed by atoms with Crippen LogP contribution in [0.3, 0.4) is 0 Å². The molecule has 0 unspecified atom stereocenters. The third-order valence-corrected chi connectivity index (χ3v) is 8.18. The largest absolute Gasteiger partial charge is 0.493 e. The van der Waals surface area contributed by atoms with Gasteiger partial charge >= 0.3 is 12.1 Å². The van der Waals surface area contributed by atoms with Crippen molar-refractivity contribution in [1.29, 1.82) is 0 Å². The number of aryl methyl sites for hydroxylation is 1. The van der Waals surface area contributed by atoms with Crippen molar-refractivity contribution in [2.24, 2.45) is 0 Å². The minimum Gasteiger partial charge on any atom is -0.370 e. The van der Waals surface area contributed by atoms with Crippen molar-refractivity contribution < 1.29 is 35.6 Å². The molecular weight excluding hydrogens is 550 g/mol. The molecule has 3 heterocycles. The molecule has 1 aromatic carbocycles. The Kier molecular flexibility index (Phi) is 7.90. The molecule has 0 saturated carbocycles. The van der Waals surface area contributed by atoms with E-state index >= 15 is 4.39 Å². The van der Waals surface area contributed by atoms with Crippen LogP contribution < -0.4 is 9.37 Å². The number of hydrogen-bond donors (Lipinski definition) is 0. The van der Waals surface area contributed by atoms with Crippen molar-refractivity contribution in [3.63, 3.8) is 0 Å². The van der Waals surface area contributed by atoms with Gasteiger partial charge in [-0.1, -0.05) is 10.5 Å². The first-order chi connectivity index (χ1) is 17.9. The third kappa shape index (κ3) is 5.89. The summed E-state index contributed by atoms with van der Waals surface area (Å²) >= 11 is 0.844. The Morgan fingerprint density at radius 3 is 2.66 bits per heavy atom. The molecule has 1 fully saturated rings. The average Bonchev–Trinajstić information content (AvgIpc) is 3.55. The van der Waals surface area contributed by atoms with Crippen LogP contribution in [-0.4, -0.2) is 61.6 Å². The van der Waals surface area contributed by atoms with Crippen molar-refractivity contribution >= 4 is 38.8 Å². The Labute approximate surface area is 220 Å². The van der Waals surface area contributed by atoms with Crippen molar-refractivity contribution in [2.75, 3.05) is 29.5 Å². The minimum atomic E-state index is -5.49. The number of anilines is 2. The zero-order valence-corrected chi connectivity index (χ0v) is 21.9. The summed E-state index contributed by atoms with van der Waals surface area (Å²) in [7, 11) is -3.35. The molecule has 2 aromatic heterocycles. The predicted octanol–water partition coefficient (Wildman–Crippen LogP) is 3.91. The Bertz CT molecular complexity index is 1390. The number of pyridine rings is 1. The summed E-state index contributed by atoms with van der Waals surface area (Å²) in [6.07, 6.45) is -3.00. The minimum absolute atomic E-state index is 0.00138. The molecule has 0 N–H and O–H groups in total. The van der Waals surface area contributed by atoms with Gasteiger partial charge < -0.3 is 9.74 Å². The highest BCUT2D eigenvalue weighted by atomic mass is 32.2. The highest BCUT2D eigenvalue weighted by molar-refractivity contribution is 7.92. The molecule has 0 amide bonds. The number of likely N-dealkylation sites (N-methyl/N-ethyl adjacent to an activating group) is 1. The molecule has 204 valence electrons. The number of carbonyl (C=O) groups excluding carboxylic acids is 1. The number of sulfonamides is 1. The highest BCUT2D eigenvalue weighted by Gasteiger charge is 2.46.